The predicted octanol–water partition coefficient (Wildman–Crippen LogP) is 2.04. The van der Waals surface area contributed by atoms with E-state index in [1.165, 1.54) is 19.9 Å². The summed E-state index contributed by atoms with van der Waals surface area (Å²) in [5, 5.41) is 6.10. The number of benzene rings is 1. The molecule has 0 fully saturated rings. The van der Waals surface area contributed by atoms with Crippen molar-refractivity contribution >= 4 is 10.0 Å². The molecule has 1 aromatic carbocycles. The van der Waals surface area contributed by atoms with Crippen LogP contribution < -0.4 is 4.72 Å². The van der Waals surface area contributed by atoms with Gasteiger partial charge in [0.1, 0.15) is 16.5 Å². The van der Waals surface area contributed by atoms with Gasteiger partial charge in [0.25, 0.3) is 0 Å². The summed E-state index contributed by atoms with van der Waals surface area (Å²) in [6.45, 7) is 2.91. The molecule has 1 heterocycles. The number of aromatic amines is 1. The first-order valence-corrected chi connectivity index (χ1v) is 7.27. The highest BCUT2D eigenvalue weighted by Crippen LogP contribution is 2.22. The minimum atomic E-state index is -3.91. The zero-order valence-corrected chi connectivity index (χ0v) is 11.6. The monoisotopic (exact) mass is 301 g/mol. The fourth-order valence-electron chi connectivity index (χ4n) is 1.89. The Labute approximate surface area is 115 Å². The molecule has 1 aromatic heterocycles. The van der Waals surface area contributed by atoms with E-state index in [0.717, 1.165) is 18.3 Å². The van der Waals surface area contributed by atoms with Gasteiger partial charge >= 0.3 is 0 Å². The van der Waals surface area contributed by atoms with E-state index in [4.69, 9.17) is 0 Å². The lowest BCUT2D eigenvalue weighted by atomic mass is 10.1. The van der Waals surface area contributed by atoms with Gasteiger partial charge in [-0.2, -0.15) is 5.10 Å². The Bertz CT molecular complexity index is 708. The second-order valence-electron chi connectivity index (χ2n) is 4.34. The topological polar surface area (TPSA) is 74.8 Å². The second kappa shape index (κ2) is 5.29. The first-order chi connectivity index (χ1) is 9.33. The number of halogens is 2. The molecule has 2 N–H and O–H groups in total. The Morgan fingerprint density at radius 3 is 2.40 bits per heavy atom. The van der Waals surface area contributed by atoms with Crippen molar-refractivity contribution in [3.05, 3.63) is 47.3 Å². The van der Waals surface area contributed by atoms with Crippen LogP contribution >= 0.6 is 0 Å². The van der Waals surface area contributed by atoms with Gasteiger partial charge < -0.3 is 0 Å². The molecule has 20 heavy (non-hydrogen) atoms. The van der Waals surface area contributed by atoms with Crippen LogP contribution in [0.25, 0.3) is 0 Å². The average molecular weight is 301 g/mol. The number of hydrogen-bond donors (Lipinski definition) is 2. The van der Waals surface area contributed by atoms with E-state index in [0.29, 0.717) is 5.69 Å². The molecule has 8 heteroatoms. The van der Waals surface area contributed by atoms with Crippen LogP contribution in [0, 0.1) is 18.6 Å². The highest BCUT2D eigenvalue weighted by Gasteiger charge is 2.24. The first kappa shape index (κ1) is 14.6. The fraction of sp³-hybridized carbons (Fsp3) is 0.250. The minimum absolute atomic E-state index is 0.0545. The molecule has 0 bridgehead atoms. The SMILES string of the molecule is Cc1[nH]ncc1S(=O)(=O)NC(C)c1c(F)cccc1F. The van der Waals surface area contributed by atoms with E-state index in [2.05, 4.69) is 14.9 Å². The van der Waals surface area contributed by atoms with Gasteiger partial charge in [-0.25, -0.2) is 21.9 Å². The number of hydrogen-bond acceptors (Lipinski definition) is 3. The van der Waals surface area contributed by atoms with Gasteiger partial charge in [0.05, 0.1) is 11.9 Å². The van der Waals surface area contributed by atoms with E-state index < -0.39 is 27.7 Å². The molecule has 0 aliphatic carbocycles. The lowest BCUT2D eigenvalue weighted by molar-refractivity contribution is 0.514. The molecule has 1 unspecified atom stereocenters. The maximum Gasteiger partial charge on any atom is 0.244 e. The van der Waals surface area contributed by atoms with Crippen molar-refractivity contribution in [2.75, 3.05) is 0 Å². The first-order valence-electron chi connectivity index (χ1n) is 5.79. The highest BCUT2D eigenvalue weighted by atomic mass is 32.2. The van der Waals surface area contributed by atoms with E-state index >= 15 is 0 Å². The van der Waals surface area contributed by atoms with Crippen LogP contribution in [0.1, 0.15) is 24.2 Å². The van der Waals surface area contributed by atoms with E-state index in [9.17, 15) is 17.2 Å². The predicted molar refractivity (Wildman–Crippen MR) is 68.4 cm³/mol. The molecule has 0 radical (unpaired) electrons. The van der Waals surface area contributed by atoms with Crippen molar-refractivity contribution in [2.45, 2.75) is 24.8 Å². The Kier molecular flexibility index (Phi) is 3.87. The number of rotatable bonds is 4. The number of aromatic nitrogens is 2. The lowest BCUT2D eigenvalue weighted by Gasteiger charge is -2.15. The summed E-state index contributed by atoms with van der Waals surface area (Å²) in [7, 11) is -3.91. The summed E-state index contributed by atoms with van der Waals surface area (Å²) < 4.78 is 53.6. The number of nitrogens with one attached hydrogen (secondary N) is 2. The van der Waals surface area contributed by atoms with Gasteiger partial charge in [-0.05, 0) is 26.0 Å². The largest absolute Gasteiger partial charge is 0.281 e. The molecule has 0 saturated heterocycles. The highest BCUT2D eigenvalue weighted by molar-refractivity contribution is 7.89. The summed E-state index contributed by atoms with van der Waals surface area (Å²) >= 11 is 0. The molecule has 2 aromatic rings. The van der Waals surface area contributed by atoms with Crippen LogP contribution in [0.15, 0.2) is 29.3 Å². The quantitative estimate of drug-likeness (QED) is 0.907. The molecule has 0 spiro atoms. The number of nitrogens with zero attached hydrogens (tertiary/aromatic N) is 1. The number of aryl methyl sites for hydroxylation is 1. The molecule has 0 saturated carbocycles. The minimum Gasteiger partial charge on any atom is -0.281 e. The average Bonchev–Trinajstić information content (AvgIpc) is 2.75. The molecule has 108 valence electrons. The zero-order valence-electron chi connectivity index (χ0n) is 10.8. The summed E-state index contributed by atoms with van der Waals surface area (Å²) in [5.74, 6) is -1.60. The maximum atomic E-state index is 13.6. The normalized spacial score (nSPS) is 13.4. The Morgan fingerprint density at radius 1 is 1.30 bits per heavy atom. The molecule has 0 amide bonds. The van der Waals surface area contributed by atoms with Crippen LogP contribution in [0.2, 0.25) is 0 Å². The summed E-state index contributed by atoms with van der Waals surface area (Å²) in [5.41, 5.74) is 0.0240. The van der Waals surface area contributed by atoms with Crippen LogP contribution in [-0.2, 0) is 10.0 Å². The van der Waals surface area contributed by atoms with Crippen LogP contribution in [0.5, 0.6) is 0 Å². The summed E-state index contributed by atoms with van der Waals surface area (Å²) in [6, 6.07) is 2.32. The molecule has 1 atom stereocenters. The Hall–Kier alpha value is -1.80. The molecule has 0 aliphatic heterocycles. The van der Waals surface area contributed by atoms with Gasteiger partial charge in [0, 0.05) is 11.6 Å². The smallest absolute Gasteiger partial charge is 0.244 e. The summed E-state index contributed by atoms with van der Waals surface area (Å²) in [4.78, 5) is -0.0545. The standard InChI is InChI=1S/C12H13F2N3O2S/c1-7-11(6-15-16-7)20(18,19)17-8(2)12-9(13)4-3-5-10(12)14/h3-6,8,17H,1-2H3,(H,15,16). The Balaban J connectivity index is 2.33. The van der Waals surface area contributed by atoms with E-state index in [1.807, 2.05) is 0 Å². The molecular weight excluding hydrogens is 288 g/mol. The molecule has 2 rings (SSSR count). The van der Waals surface area contributed by atoms with E-state index in [1.54, 1.807) is 0 Å². The van der Waals surface area contributed by atoms with Crippen molar-refractivity contribution < 1.29 is 17.2 Å². The third-order valence-corrected chi connectivity index (χ3v) is 4.49. The van der Waals surface area contributed by atoms with Gasteiger partial charge in [-0.15, -0.1) is 0 Å². The fourth-order valence-corrected chi connectivity index (χ4v) is 3.24. The van der Waals surface area contributed by atoms with Crippen molar-refractivity contribution in [1.29, 1.82) is 0 Å². The van der Waals surface area contributed by atoms with Gasteiger partial charge in [-0.1, -0.05) is 6.07 Å². The van der Waals surface area contributed by atoms with Gasteiger partial charge in [-0.3, -0.25) is 5.10 Å². The third-order valence-electron chi connectivity index (χ3n) is 2.84. The third kappa shape index (κ3) is 2.70. The zero-order chi connectivity index (χ0) is 14.9. The van der Waals surface area contributed by atoms with Gasteiger partial charge in [0.15, 0.2) is 0 Å². The van der Waals surface area contributed by atoms with Crippen molar-refractivity contribution in [3.63, 3.8) is 0 Å². The summed E-state index contributed by atoms with van der Waals surface area (Å²) in [6.07, 6.45) is 1.14. The van der Waals surface area contributed by atoms with Crippen molar-refractivity contribution in [1.82, 2.24) is 14.9 Å². The molecular formula is C12H13F2N3O2S. The van der Waals surface area contributed by atoms with Crippen LogP contribution in [0.4, 0.5) is 8.78 Å². The number of H-pyrrole nitrogens is 1. The molecule has 0 aliphatic rings. The molecule has 5 nitrogen and oxygen atoms in total. The number of sulfonamides is 1. The van der Waals surface area contributed by atoms with Crippen molar-refractivity contribution in [3.8, 4) is 0 Å². The van der Waals surface area contributed by atoms with Crippen LogP contribution in [0.3, 0.4) is 0 Å². The Morgan fingerprint density at radius 2 is 1.90 bits per heavy atom. The van der Waals surface area contributed by atoms with Gasteiger partial charge in [0.2, 0.25) is 10.0 Å². The maximum absolute atomic E-state index is 13.6. The van der Waals surface area contributed by atoms with Crippen molar-refractivity contribution in [2.24, 2.45) is 0 Å². The van der Waals surface area contributed by atoms with Crippen LogP contribution in [-0.4, -0.2) is 18.6 Å². The lowest BCUT2D eigenvalue weighted by Crippen LogP contribution is -2.28. The van der Waals surface area contributed by atoms with E-state index in [-0.39, 0.29) is 10.5 Å². The second-order valence-corrected chi connectivity index (χ2v) is 6.02.